The predicted molar refractivity (Wildman–Crippen MR) is 88.5 cm³/mol. The Morgan fingerprint density at radius 2 is 1.96 bits per heavy atom. The van der Waals surface area contributed by atoms with E-state index in [0.717, 1.165) is 5.75 Å². The number of hydrogen-bond donors (Lipinski definition) is 2. The summed E-state index contributed by atoms with van der Waals surface area (Å²) in [5.74, 6) is 0.342. The van der Waals surface area contributed by atoms with Gasteiger partial charge >= 0.3 is 0 Å². The summed E-state index contributed by atoms with van der Waals surface area (Å²) in [6.45, 7) is 7.24. The zero-order valence-electron chi connectivity index (χ0n) is 13.8. The van der Waals surface area contributed by atoms with Crippen molar-refractivity contribution in [3.63, 3.8) is 0 Å². The summed E-state index contributed by atoms with van der Waals surface area (Å²) in [5, 5.41) is 6.47. The van der Waals surface area contributed by atoms with Gasteiger partial charge < -0.3 is 10.1 Å². The highest BCUT2D eigenvalue weighted by Gasteiger charge is 2.17. The van der Waals surface area contributed by atoms with Crippen LogP contribution in [0.2, 0.25) is 0 Å². The number of rotatable bonds is 5. The Kier molecular flexibility index (Phi) is 5.36. The van der Waals surface area contributed by atoms with Crippen LogP contribution >= 0.6 is 0 Å². The number of nitrogens with zero attached hydrogens (tertiary/aromatic N) is 1. The molecular weight excluding hydrogens is 294 g/mol. The van der Waals surface area contributed by atoms with Crippen molar-refractivity contribution in [2.45, 2.75) is 39.0 Å². The minimum Gasteiger partial charge on any atom is -0.492 e. The second-order valence-electron chi connectivity index (χ2n) is 6.47. The fourth-order valence-electron chi connectivity index (χ4n) is 2.12. The zero-order valence-corrected chi connectivity index (χ0v) is 13.8. The standard InChI is InChI=1S/C17H23N3O3/c1-17(2,3)12-4-6-13(7-5-12)23-11-10-18-16(22)14-8-9-15(21)20-19-14/h4-7H,8-11H2,1-3H3,(H,18,22)(H,20,21). The molecule has 0 fully saturated rings. The maximum absolute atomic E-state index is 11.8. The maximum atomic E-state index is 11.8. The third kappa shape index (κ3) is 5.09. The monoisotopic (exact) mass is 317 g/mol. The number of benzene rings is 1. The summed E-state index contributed by atoms with van der Waals surface area (Å²) < 4.78 is 5.60. The lowest BCUT2D eigenvalue weighted by Gasteiger charge is -2.19. The second kappa shape index (κ2) is 7.26. The van der Waals surface area contributed by atoms with E-state index >= 15 is 0 Å². The van der Waals surface area contributed by atoms with Crippen LogP contribution < -0.4 is 15.5 Å². The number of carbonyl (C=O) groups is 2. The molecule has 6 heteroatoms. The first-order valence-corrected chi connectivity index (χ1v) is 7.73. The number of amides is 2. The number of hydrogen-bond acceptors (Lipinski definition) is 4. The first kappa shape index (κ1) is 17.0. The molecule has 2 rings (SSSR count). The van der Waals surface area contributed by atoms with Crippen molar-refractivity contribution >= 4 is 17.5 Å². The number of carbonyl (C=O) groups excluding carboxylic acids is 2. The third-order valence-corrected chi connectivity index (χ3v) is 3.54. The smallest absolute Gasteiger partial charge is 0.267 e. The van der Waals surface area contributed by atoms with Gasteiger partial charge in [0.1, 0.15) is 18.1 Å². The Morgan fingerprint density at radius 3 is 2.52 bits per heavy atom. The van der Waals surface area contributed by atoms with Gasteiger partial charge in [0.25, 0.3) is 5.91 Å². The Balaban J connectivity index is 1.73. The molecule has 2 N–H and O–H groups in total. The van der Waals surface area contributed by atoms with Gasteiger partial charge in [0, 0.05) is 12.8 Å². The summed E-state index contributed by atoms with van der Waals surface area (Å²) in [7, 11) is 0. The van der Waals surface area contributed by atoms with E-state index in [-0.39, 0.29) is 17.2 Å². The molecule has 0 unspecified atom stereocenters. The lowest BCUT2D eigenvalue weighted by Crippen LogP contribution is -2.38. The third-order valence-electron chi connectivity index (χ3n) is 3.54. The molecular formula is C17H23N3O3. The molecule has 23 heavy (non-hydrogen) atoms. The van der Waals surface area contributed by atoms with E-state index < -0.39 is 0 Å². The van der Waals surface area contributed by atoms with Gasteiger partial charge in [-0.2, -0.15) is 5.10 Å². The van der Waals surface area contributed by atoms with Gasteiger partial charge in [-0.1, -0.05) is 32.9 Å². The number of nitrogens with one attached hydrogen (secondary N) is 2. The van der Waals surface area contributed by atoms with E-state index in [1.165, 1.54) is 5.56 Å². The SMILES string of the molecule is CC(C)(C)c1ccc(OCCNC(=O)C2=NNC(=O)CC2)cc1. The molecule has 0 aliphatic carbocycles. The normalized spacial score (nSPS) is 14.7. The van der Waals surface area contributed by atoms with Gasteiger partial charge in [0.05, 0.1) is 6.54 Å². The molecule has 0 saturated heterocycles. The molecule has 0 atom stereocenters. The molecule has 0 spiro atoms. The summed E-state index contributed by atoms with van der Waals surface area (Å²) in [4.78, 5) is 22.8. The van der Waals surface area contributed by atoms with Crippen molar-refractivity contribution in [3.05, 3.63) is 29.8 Å². The second-order valence-corrected chi connectivity index (χ2v) is 6.47. The number of ether oxygens (including phenoxy) is 1. The topological polar surface area (TPSA) is 79.8 Å². The molecule has 124 valence electrons. The first-order valence-electron chi connectivity index (χ1n) is 7.73. The molecule has 0 aromatic heterocycles. The lowest BCUT2D eigenvalue weighted by atomic mass is 9.87. The quantitative estimate of drug-likeness (QED) is 0.812. The Labute approximate surface area is 136 Å². The van der Waals surface area contributed by atoms with E-state index in [4.69, 9.17) is 4.74 Å². The average molecular weight is 317 g/mol. The zero-order chi connectivity index (χ0) is 16.9. The maximum Gasteiger partial charge on any atom is 0.267 e. The molecule has 0 bridgehead atoms. The van der Waals surface area contributed by atoms with Crippen molar-refractivity contribution in [1.29, 1.82) is 0 Å². The Morgan fingerprint density at radius 1 is 1.26 bits per heavy atom. The van der Waals surface area contributed by atoms with Crippen molar-refractivity contribution in [2.24, 2.45) is 5.10 Å². The predicted octanol–water partition coefficient (Wildman–Crippen LogP) is 1.75. The van der Waals surface area contributed by atoms with Crippen LogP contribution in [0.3, 0.4) is 0 Å². The van der Waals surface area contributed by atoms with Gasteiger partial charge in [-0.15, -0.1) is 0 Å². The minimum atomic E-state index is -0.267. The van der Waals surface area contributed by atoms with E-state index in [2.05, 4.69) is 36.6 Å². The van der Waals surface area contributed by atoms with Gasteiger partial charge in [-0.25, -0.2) is 5.43 Å². The van der Waals surface area contributed by atoms with Crippen molar-refractivity contribution in [3.8, 4) is 5.75 Å². The van der Waals surface area contributed by atoms with Crippen LogP contribution in [0, 0.1) is 0 Å². The van der Waals surface area contributed by atoms with Crippen LogP contribution in [0.5, 0.6) is 5.75 Å². The highest BCUT2D eigenvalue weighted by molar-refractivity contribution is 6.39. The van der Waals surface area contributed by atoms with E-state index in [9.17, 15) is 9.59 Å². The van der Waals surface area contributed by atoms with Gasteiger partial charge in [0.15, 0.2) is 0 Å². The molecule has 1 aliphatic rings. The van der Waals surface area contributed by atoms with Crippen LogP contribution in [0.25, 0.3) is 0 Å². The minimum absolute atomic E-state index is 0.114. The summed E-state index contributed by atoms with van der Waals surface area (Å²) in [6.07, 6.45) is 0.662. The highest BCUT2D eigenvalue weighted by Crippen LogP contribution is 2.24. The summed E-state index contributed by atoms with van der Waals surface area (Å²) in [6, 6.07) is 7.97. The lowest BCUT2D eigenvalue weighted by molar-refractivity contribution is -0.121. The van der Waals surface area contributed by atoms with Crippen molar-refractivity contribution in [2.75, 3.05) is 13.2 Å². The highest BCUT2D eigenvalue weighted by atomic mass is 16.5. The first-order chi connectivity index (χ1) is 10.9. The molecule has 6 nitrogen and oxygen atoms in total. The van der Waals surface area contributed by atoms with E-state index in [1.807, 2.05) is 24.3 Å². The Hall–Kier alpha value is -2.37. The average Bonchev–Trinajstić information content (AvgIpc) is 2.51. The molecule has 0 radical (unpaired) electrons. The van der Waals surface area contributed by atoms with Crippen LogP contribution in [-0.4, -0.2) is 30.7 Å². The van der Waals surface area contributed by atoms with Crippen LogP contribution in [0.4, 0.5) is 0 Å². The van der Waals surface area contributed by atoms with E-state index in [1.54, 1.807) is 0 Å². The van der Waals surface area contributed by atoms with Gasteiger partial charge in [-0.3, -0.25) is 9.59 Å². The van der Waals surface area contributed by atoms with Crippen LogP contribution in [0.1, 0.15) is 39.2 Å². The fraction of sp³-hybridized carbons (Fsp3) is 0.471. The molecule has 2 amide bonds. The molecule has 1 aromatic rings. The Bertz CT molecular complexity index is 601. The molecule has 0 saturated carbocycles. The van der Waals surface area contributed by atoms with Crippen LogP contribution in [-0.2, 0) is 15.0 Å². The largest absolute Gasteiger partial charge is 0.492 e. The van der Waals surface area contributed by atoms with Gasteiger partial charge in [-0.05, 0) is 23.1 Å². The summed E-state index contributed by atoms with van der Waals surface area (Å²) in [5.41, 5.74) is 4.01. The van der Waals surface area contributed by atoms with Crippen molar-refractivity contribution < 1.29 is 14.3 Å². The number of hydrazone groups is 1. The summed E-state index contributed by atoms with van der Waals surface area (Å²) >= 11 is 0. The van der Waals surface area contributed by atoms with E-state index in [0.29, 0.717) is 31.7 Å². The molecule has 1 aromatic carbocycles. The van der Waals surface area contributed by atoms with Gasteiger partial charge in [0.2, 0.25) is 5.91 Å². The van der Waals surface area contributed by atoms with Crippen LogP contribution in [0.15, 0.2) is 29.4 Å². The fourth-order valence-corrected chi connectivity index (χ4v) is 2.12. The molecule has 1 aliphatic heterocycles. The molecule has 1 heterocycles. The van der Waals surface area contributed by atoms with Crippen molar-refractivity contribution in [1.82, 2.24) is 10.7 Å².